The molecule has 2 heteroatoms. The van der Waals surface area contributed by atoms with Crippen molar-refractivity contribution >= 4 is 11.9 Å². The quantitative estimate of drug-likeness (QED) is 0.436. The summed E-state index contributed by atoms with van der Waals surface area (Å²) in [4.78, 5) is 1.33. The lowest BCUT2D eigenvalue weighted by Crippen LogP contribution is -2.17. The minimum atomic E-state index is 1.15. The van der Waals surface area contributed by atoms with Gasteiger partial charge in [0.25, 0.3) is 0 Å². The Labute approximate surface area is 152 Å². The van der Waals surface area contributed by atoms with Gasteiger partial charge in [0, 0.05) is 18.0 Å². The number of hydrogen-bond donors (Lipinski definition) is 0. The van der Waals surface area contributed by atoms with Crippen LogP contribution in [0.3, 0.4) is 0 Å². The number of nitrogens with zero attached hydrogens (tertiary/aromatic N) is 1. The van der Waals surface area contributed by atoms with Crippen LogP contribution in [0.15, 0.2) is 53.4 Å². The molecule has 0 amide bonds. The molecule has 0 radical (unpaired) electrons. The summed E-state index contributed by atoms with van der Waals surface area (Å²) >= 11 is 1.89. The summed E-state index contributed by atoms with van der Waals surface area (Å²) in [6.07, 6.45) is 6.13. The van der Waals surface area contributed by atoms with Crippen molar-refractivity contribution < 1.29 is 0 Å². The van der Waals surface area contributed by atoms with E-state index < -0.39 is 0 Å². The van der Waals surface area contributed by atoms with Crippen LogP contribution in [0, 0.1) is 0 Å². The highest BCUT2D eigenvalue weighted by molar-refractivity contribution is 7.97. The molecule has 0 aliphatic heterocycles. The van der Waals surface area contributed by atoms with E-state index >= 15 is 0 Å². The first-order valence-corrected chi connectivity index (χ1v) is 10.2. The minimum absolute atomic E-state index is 1.15. The number of rotatable bonds is 10. The average Bonchev–Trinajstić information content (AvgIpc) is 2.61. The zero-order valence-corrected chi connectivity index (χ0v) is 16.2. The third-order valence-corrected chi connectivity index (χ3v) is 5.25. The van der Waals surface area contributed by atoms with Gasteiger partial charge in [-0.1, -0.05) is 63.6 Å². The SMILES string of the molecule is CCCCc1ccc(-c2ccc(SN(CCC)CCC)cc2)cc1. The number of aryl methyl sites for hydroxylation is 1. The molecule has 0 fully saturated rings. The Hall–Kier alpha value is -1.25. The topological polar surface area (TPSA) is 3.24 Å². The van der Waals surface area contributed by atoms with Crippen LogP contribution in [0.1, 0.15) is 52.0 Å². The van der Waals surface area contributed by atoms with Gasteiger partial charge in [0.2, 0.25) is 0 Å². The molecular weight excluding hydrogens is 310 g/mol. The lowest BCUT2D eigenvalue weighted by molar-refractivity contribution is 0.467. The molecule has 24 heavy (non-hydrogen) atoms. The average molecular weight is 342 g/mol. The summed E-state index contributed by atoms with van der Waals surface area (Å²) < 4.78 is 2.47. The molecule has 2 rings (SSSR count). The molecular formula is C22H31NS. The van der Waals surface area contributed by atoms with Gasteiger partial charge < -0.3 is 0 Å². The Balaban J connectivity index is 2.00. The van der Waals surface area contributed by atoms with Crippen molar-refractivity contribution in [3.8, 4) is 11.1 Å². The molecule has 130 valence electrons. The maximum Gasteiger partial charge on any atom is 0.0230 e. The van der Waals surface area contributed by atoms with Crippen LogP contribution >= 0.6 is 11.9 Å². The smallest absolute Gasteiger partial charge is 0.0230 e. The zero-order chi connectivity index (χ0) is 17.2. The van der Waals surface area contributed by atoms with Crippen LogP contribution in [-0.2, 0) is 6.42 Å². The Morgan fingerprint density at radius 2 is 1.25 bits per heavy atom. The van der Waals surface area contributed by atoms with Gasteiger partial charge in [-0.25, -0.2) is 4.31 Å². The number of unbranched alkanes of at least 4 members (excludes halogenated alkanes) is 1. The molecule has 0 saturated carbocycles. The Bertz CT molecular complexity index is 568. The summed E-state index contributed by atoms with van der Waals surface area (Å²) in [5.41, 5.74) is 4.06. The standard InChI is InChI=1S/C22H31NS/c1-4-7-8-19-9-11-20(12-10-19)21-13-15-22(16-14-21)24-23(17-5-2)18-6-3/h9-16H,4-8,17-18H2,1-3H3. The molecule has 2 aromatic rings. The Morgan fingerprint density at radius 3 is 1.75 bits per heavy atom. The zero-order valence-electron chi connectivity index (χ0n) is 15.4. The first kappa shape index (κ1) is 19.1. The van der Waals surface area contributed by atoms with Crippen LogP contribution in [0.5, 0.6) is 0 Å². The molecule has 0 saturated heterocycles. The maximum absolute atomic E-state index is 2.47. The minimum Gasteiger partial charge on any atom is -0.246 e. The highest BCUT2D eigenvalue weighted by atomic mass is 32.2. The summed E-state index contributed by atoms with van der Waals surface area (Å²) in [6, 6.07) is 18.1. The molecule has 0 aliphatic carbocycles. The van der Waals surface area contributed by atoms with Crippen LogP contribution in [-0.4, -0.2) is 17.4 Å². The van der Waals surface area contributed by atoms with Crippen molar-refractivity contribution in [2.75, 3.05) is 13.1 Å². The van der Waals surface area contributed by atoms with Crippen LogP contribution in [0.2, 0.25) is 0 Å². The summed E-state index contributed by atoms with van der Waals surface area (Å²) in [5, 5.41) is 0. The Kier molecular flexibility index (Phi) is 8.41. The molecule has 0 bridgehead atoms. The third-order valence-electron chi connectivity index (χ3n) is 4.14. The van der Waals surface area contributed by atoms with Gasteiger partial charge in [0.1, 0.15) is 0 Å². The molecule has 0 spiro atoms. The van der Waals surface area contributed by atoms with Crippen molar-refractivity contribution in [2.24, 2.45) is 0 Å². The van der Waals surface area contributed by atoms with E-state index in [4.69, 9.17) is 0 Å². The maximum atomic E-state index is 2.47. The van der Waals surface area contributed by atoms with Gasteiger partial charge in [0.15, 0.2) is 0 Å². The lowest BCUT2D eigenvalue weighted by atomic mass is 10.0. The molecule has 0 N–H and O–H groups in total. The van der Waals surface area contributed by atoms with Crippen LogP contribution < -0.4 is 0 Å². The van der Waals surface area contributed by atoms with Gasteiger partial charge in [-0.2, -0.15) is 0 Å². The molecule has 0 aliphatic rings. The molecule has 1 nitrogen and oxygen atoms in total. The molecule has 0 unspecified atom stereocenters. The third kappa shape index (κ3) is 5.99. The van der Waals surface area contributed by atoms with Gasteiger partial charge in [0.05, 0.1) is 0 Å². The second kappa shape index (κ2) is 10.6. The van der Waals surface area contributed by atoms with E-state index in [1.807, 2.05) is 11.9 Å². The highest BCUT2D eigenvalue weighted by Gasteiger charge is 2.05. The first-order chi connectivity index (χ1) is 11.8. The molecule has 0 heterocycles. The van der Waals surface area contributed by atoms with Crippen molar-refractivity contribution in [3.63, 3.8) is 0 Å². The van der Waals surface area contributed by atoms with E-state index in [9.17, 15) is 0 Å². The predicted molar refractivity (Wildman–Crippen MR) is 109 cm³/mol. The van der Waals surface area contributed by atoms with Crippen molar-refractivity contribution in [1.29, 1.82) is 0 Å². The first-order valence-electron chi connectivity index (χ1n) is 9.39. The largest absolute Gasteiger partial charge is 0.246 e. The Morgan fingerprint density at radius 1 is 0.708 bits per heavy atom. The lowest BCUT2D eigenvalue weighted by Gasteiger charge is -2.19. The molecule has 0 aromatic heterocycles. The summed E-state index contributed by atoms with van der Waals surface area (Å²) in [5.74, 6) is 0. The predicted octanol–water partition coefficient (Wildman–Crippen LogP) is 6.83. The van der Waals surface area contributed by atoms with E-state index in [0.717, 1.165) is 13.1 Å². The second-order valence-electron chi connectivity index (χ2n) is 6.35. The second-order valence-corrected chi connectivity index (χ2v) is 7.52. The van der Waals surface area contributed by atoms with E-state index in [1.54, 1.807) is 0 Å². The fourth-order valence-electron chi connectivity index (χ4n) is 2.80. The normalized spacial score (nSPS) is 11.2. The van der Waals surface area contributed by atoms with Gasteiger partial charge in [-0.05, 0) is 66.5 Å². The van der Waals surface area contributed by atoms with Gasteiger partial charge in [-0.15, -0.1) is 0 Å². The van der Waals surface area contributed by atoms with Crippen LogP contribution in [0.4, 0.5) is 0 Å². The van der Waals surface area contributed by atoms with Crippen LogP contribution in [0.25, 0.3) is 11.1 Å². The van der Waals surface area contributed by atoms with Crippen molar-refractivity contribution in [3.05, 3.63) is 54.1 Å². The van der Waals surface area contributed by atoms with Gasteiger partial charge in [-0.3, -0.25) is 0 Å². The van der Waals surface area contributed by atoms with Crippen molar-refractivity contribution in [2.45, 2.75) is 57.8 Å². The van der Waals surface area contributed by atoms with Crippen molar-refractivity contribution in [1.82, 2.24) is 4.31 Å². The van der Waals surface area contributed by atoms with Gasteiger partial charge >= 0.3 is 0 Å². The fourth-order valence-corrected chi connectivity index (χ4v) is 3.91. The van der Waals surface area contributed by atoms with E-state index in [0.29, 0.717) is 0 Å². The highest BCUT2D eigenvalue weighted by Crippen LogP contribution is 2.27. The monoisotopic (exact) mass is 341 g/mol. The summed E-state index contributed by atoms with van der Waals surface area (Å²) in [6.45, 7) is 9.04. The van der Waals surface area contributed by atoms with E-state index in [-0.39, 0.29) is 0 Å². The van der Waals surface area contributed by atoms with E-state index in [2.05, 4.69) is 73.6 Å². The number of benzene rings is 2. The summed E-state index contributed by atoms with van der Waals surface area (Å²) in [7, 11) is 0. The van der Waals surface area contributed by atoms with E-state index in [1.165, 1.54) is 53.7 Å². The molecule has 0 atom stereocenters. The number of hydrogen-bond acceptors (Lipinski definition) is 2. The fraction of sp³-hybridized carbons (Fsp3) is 0.455. The molecule has 2 aromatic carbocycles.